The van der Waals surface area contributed by atoms with Crippen molar-refractivity contribution < 1.29 is 35.6 Å². The number of hydrogen-bond donors (Lipinski definition) is 2. The molecule has 0 aromatic heterocycles. The smallest absolute Gasteiger partial charge is 0.254 e. The van der Waals surface area contributed by atoms with E-state index >= 15 is 13.2 Å². The Hall–Kier alpha value is -5.84. The lowest BCUT2D eigenvalue weighted by Gasteiger charge is -2.35. The SMILES string of the molecule is CCN(CC)c1ccc2c(-c3ccccc3C(=O)N3CCN(C(=O)c4ccc(CCSc5c(F)c(F)c(S(N)(=O)=O)c(NC6CCCCCCCCCCC6)c5F)cc4)CC3)c3ccc(=[N+](CC)CC)cc-3oc2c1. The van der Waals surface area contributed by atoms with E-state index in [1.807, 2.05) is 24.3 Å². The number of primary sulfonamides is 1. The van der Waals surface area contributed by atoms with Gasteiger partial charge in [-0.15, -0.1) is 11.8 Å². The summed E-state index contributed by atoms with van der Waals surface area (Å²) in [5.41, 5.74) is 5.61. The van der Waals surface area contributed by atoms with Crippen LogP contribution in [0.15, 0.2) is 99.1 Å². The first kappa shape index (κ1) is 55.4. The van der Waals surface area contributed by atoms with Gasteiger partial charge in [0.15, 0.2) is 17.5 Å². The molecule has 4 aromatic carbocycles. The molecule has 4 aliphatic rings. The topological polar surface area (TPSA) is 132 Å². The summed E-state index contributed by atoms with van der Waals surface area (Å²) in [6, 6.07) is 26.9. The van der Waals surface area contributed by atoms with Crippen LogP contribution in [0.5, 0.6) is 0 Å². The molecule has 2 aliphatic heterocycles. The third-order valence-electron chi connectivity index (χ3n) is 15.0. The Kier molecular flexibility index (Phi) is 18.7. The normalized spacial score (nSPS) is 15.4. The first-order valence-electron chi connectivity index (χ1n) is 27.0. The number of carbonyl (C=O) groups excluding carboxylic acids is 2. The molecule has 2 aliphatic carbocycles. The zero-order valence-corrected chi connectivity index (χ0v) is 45.5. The highest BCUT2D eigenvalue weighted by Gasteiger charge is 2.33. The summed E-state index contributed by atoms with van der Waals surface area (Å²) in [6.07, 6.45) is 10.9. The summed E-state index contributed by atoms with van der Waals surface area (Å²) < 4.78 is 81.7. The van der Waals surface area contributed by atoms with Gasteiger partial charge >= 0.3 is 0 Å². The van der Waals surface area contributed by atoms with Crippen LogP contribution in [0, 0.1) is 17.5 Å². The number of carbonyl (C=O) groups is 2. The highest BCUT2D eigenvalue weighted by atomic mass is 32.2. The largest absolute Gasteiger partial charge is 0.456 e. The summed E-state index contributed by atoms with van der Waals surface area (Å²) >= 11 is 0.756. The molecule has 2 amide bonds. The maximum Gasteiger partial charge on any atom is 0.254 e. The van der Waals surface area contributed by atoms with E-state index in [0.717, 1.165) is 139 Å². The van der Waals surface area contributed by atoms with Crippen LogP contribution in [0.4, 0.5) is 24.5 Å². The standard InChI is InChI=1S/C59H72F3N6O5S2/c1-5-65(6-2)43-28-30-47-49(38-43)73-50-39-44(66(7-3)8-4)29-31-48(50)51(47)45-22-18-19-23-46(45)59(70)68-35-33-67(34-36-68)58(69)41-26-24-40(25-27-41)32-37-74-56-52(60)53(61)57(75(63,71)72)55(54(56)62)64-42-20-16-14-12-10-9-11-13-15-17-21-42/h18-19,22-31,38-39,42,64H,5-17,20-21,32-37H2,1-4H3,(H2,63,71,72)/q+1. The van der Waals surface area contributed by atoms with Gasteiger partial charge in [-0.25, -0.2) is 31.3 Å². The summed E-state index contributed by atoms with van der Waals surface area (Å²) in [6.45, 7) is 13.3. The van der Waals surface area contributed by atoms with E-state index in [2.05, 4.69) is 78.9 Å². The lowest BCUT2D eigenvalue weighted by molar-refractivity contribution is 0.0536. The van der Waals surface area contributed by atoms with Gasteiger partial charge in [-0.3, -0.25) is 9.59 Å². The number of rotatable bonds is 15. The van der Waals surface area contributed by atoms with Crippen molar-refractivity contribution in [3.05, 3.63) is 124 Å². The minimum atomic E-state index is -4.83. The Morgan fingerprint density at radius 2 is 1.35 bits per heavy atom. The molecule has 0 unspecified atom stereocenters. The number of sulfonamides is 1. The highest BCUT2D eigenvalue weighted by Crippen LogP contribution is 2.43. The summed E-state index contributed by atoms with van der Waals surface area (Å²) in [4.78, 5) is 32.5. The summed E-state index contributed by atoms with van der Waals surface area (Å²) in [7, 11) is -4.83. The van der Waals surface area contributed by atoms with Crippen LogP contribution >= 0.6 is 11.8 Å². The quantitative estimate of drug-likeness (QED) is 0.0450. The van der Waals surface area contributed by atoms with E-state index in [1.54, 1.807) is 34.1 Å². The molecule has 0 atom stereocenters. The van der Waals surface area contributed by atoms with Crippen molar-refractivity contribution >= 4 is 55.9 Å². The average molecular weight is 1070 g/mol. The second-order valence-corrected chi connectivity index (χ2v) is 22.3. The fourth-order valence-corrected chi connectivity index (χ4v) is 12.6. The number of nitrogens with zero attached hydrogens (tertiary/aromatic N) is 4. The Morgan fingerprint density at radius 1 is 0.733 bits per heavy atom. The van der Waals surface area contributed by atoms with E-state index in [0.29, 0.717) is 56.6 Å². The molecule has 0 spiro atoms. The molecule has 4 aromatic rings. The number of fused-ring (bicyclic) bond motifs is 2. The molecular formula is C59H72F3N6O5S2+. The van der Waals surface area contributed by atoms with Crippen molar-refractivity contribution in [2.75, 3.05) is 68.3 Å². The molecule has 16 heteroatoms. The maximum atomic E-state index is 16.3. The van der Waals surface area contributed by atoms with Gasteiger partial charge in [0, 0.05) is 96.5 Å². The number of hydrogen-bond acceptors (Lipinski definition) is 8. The van der Waals surface area contributed by atoms with Crippen molar-refractivity contribution in [1.29, 1.82) is 0 Å². The van der Waals surface area contributed by atoms with Crippen molar-refractivity contribution in [2.24, 2.45) is 5.14 Å². The first-order valence-corrected chi connectivity index (χ1v) is 29.5. The van der Waals surface area contributed by atoms with Crippen molar-refractivity contribution in [1.82, 2.24) is 14.4 Å². The lowest BCUT2D eigenvalue weighted by Crippen LogP contribution is -2.50. The third kappa shape index (κ3) is 12.7. The molecule has 8 rings (SSSR count). The maximum absolute atomic E-state index is 16.3. The minimum Gasteiger partial charge on any atom is -0.456 e. The molecule has 400 valence electrons. The van der Waals surface area contributed by atoms with Gasteiger partial charge in [0.2, 0.25) is 15.4 Å². The van der Waals surface area contributed by atoms with Crippen molar-refractivity contribution in [3.63, 3.8) is 0 Å². The van der Waals surface area contributed by atoms with Gasteiger partial charge in [-0.05, 0) is 94.5 Å². The van der Waals surface area contributed by atoms with E-state index in [4.69, 9.17) is 9.56 Å². The van der Waals surface area contributed by atoms with Crippen LogP contribution in [0.2, 0.25) is 0 Å². The molecule has 11 nitrogen and oxygen atoms in total. The van der Waals surface area contributed by atoms with Crippen molar-refractivity contribution in [3.8, 4) is 22.5 Å². The third-order valence-corrected chi connectivity index (χ3v) is 17.0. The molecule has 75 heavy (non-hydrogen) atoms. The zero-order chi connectivity index (χ0) is 53.2. The van der Waals surface area contributed by atoms with Crippen LogP contribution in [-0.4, -0.2) is 94.2 Å². The predicted octanol–water partition coefficient (Wildman–Crippen LogP) is 11.9. The van der Waals surface area contributed by atoms with Crippen molar-refractivity contribution in [2.45, 2.75) is 121 Å². The van der Waals surface area contributed by atoms with Gasteiger partial charge in [-0.2, -0.15) is 0 Å². The second kappa shape index (κ2) is 25.3. The monoisotopic (exact) mass is 1070 g/mol. The lowest BCUT2D eigenvalue weighted by atomic mass is 9.90. The van der Waals surface area contributed by atoms with E-state index in [-0.39, 0.29) is 23.6 Å². The van der Waals surface area contributed by atoms with Gasteiger partial charge in [0.1, 0.15) is 29.3 Å². The summed E-state index contributed by atoms with van der Waals surface area (Å²) in [5, 5.41) is 10.3. The Bertz CT molecular complexity index is 3120. The van der Waals surface area contributed by atoms with Crippen LogP contribution < -0.4 is 25.3 Å². The minimum absolute atomic E-state index is 0.122. The van der Waals surface area contributed by atoms with E-state index < -0.39 is 43.0 Å². The number of aryl methyl sites for hydroxylation is 1. The number of piperazine rings is 1. The Morgan fingerprint density at radius 3 is 1.96 bits per heavy atom. The highest BCUT2D eigenvalue weighted by molar-refractivity contribution is 7.99. The molecule has 1 saturated heterocycles. The van der Waals surface area contributed by atoms with Crippen LogP contribution in [0.25, 0.3) is 33.4 Å². The number of halogens is 3. The first-order chi connectivity index (χ1) is 36.3. The number of nitrogens with two attached hydrogens (primary N) is 1. The average Bonchev–Trinajstić information content (AvgIpc) is 3.41. The number of nitrogens with one attached hydrogen (secondary N) is 1. The molecular weight excluding hydrogens is 994 g/mol. The van der Waals surface area contributed by atoms with E-state index in [9.17, 15) is 18.0 Å². The van der Waals surface area contributed by atoms with Gasteiger partial charge in [-0.1, -0.05) is 88.1 Å². The van der Waals surface area contributed by atoms with Gasteiger partial charge in [0.05, 0.1) is 16.6 Å². The number of amides is 2. The van der Waals surface area contributed by atoms with E-state index in [1.165, 1.54) is 6.42 Å². The summed E-state index contributed by atoms with van der Waals surface area (Å²) in [5.74, 6) is -3.91. The van der Waals surface area contributed by atoms with Gasteiger partial charge in [0.25, 0.3) is 11.8 Å². The zero-order valence-electron chi connectivity index (χ0n) is 43.9. The fourth-order valence-electron chi connectivity index (χ4n) is 10.8. The molecule has 0 bridgehead atoms. The van der Waals surface area contributed by atoms with Gasteiger partial charge < -0.3 is 24.4 Å². The fraction of sp³-hybridized carbons (Fsp3) is 0.441. The Labute approximate surface area is 444 Å². The second-order valence-electron chi connectivity index (χ2n) is 19.7. The molecule has 1 saturated carbocycles. The molecule has 2 fully saturated rings. The molecule has 0 radical (unpaired) electrons. The molecule has 3 N–H and O–H groups in total. The Balaban J connectivity index is 0.942. The molecule has 2 heterocycles. The van der Waals surface area contributed by atoms with Crippen LogP contribution in [0.1, 0.15) is 125 Å². The number of anilines is 2. The number of thioether (sulfide) groups is 1. The van der Waals surface area contributed by atoms with Crippen LogP contribution in [-0.2, 0) is 16.4 Å². The predicted molar refractivity (Wildman–Crippen MR) is 297 cm³/mol. The number of benzene rings is 5. The van der Waals surface area contributed by atoms with Crippen LogP contribution in [0.3, 0.4) is 0 Å².